The molecule has 0 aliphatic heterocycles. The third-order valence-corrected chi connectivity index (χ3v) is 1.38. The van der Waals surface area contributed by atoms with E-state index in [2.05, 4.69) is 24.9 Å². The van der Waals surface area contributed by atoms with Crippen molar-refractivity contribution in [1.29, 1.82) is 0 Å². The Bertz CT molecular complexity index is 279. The third-order valence-electron chi connectivity index (χ3n) is 1.38. The molecule has 0 aromatic carbocycles. The molecule has 0 amide bonds. The van der Waals surface area contributed by atoms with Crippen LogP contribution >= 0.6 is 0 Å². The molecule has 62 valence electrons. The van der Waals surface area contributed by atoms with Gasteiger partial charge in [-0.3, -0.25) is 4.98 Å². The minimum atomic E-state index is 0.995. The molecule has 1 aromatic heterocycles. The Labute approximate surface area is 73.5 Å². The molecular weight excluding hydrogens is 146 g/mol. The van der Waals surface area contributed by atoms with Crippen LogP contribution in [0.3, 0.4) is 0 Å². The first-order chi connectivity index (χ1) is 5.79. The average Bonchev–Trinajstić information content (AvgIpc) is 2.05. The first-order valence-electron chi connectivity index (χ1n) is 4.01. The molecule has 0 aliphatic carbocycles. The lowest BCUT2D eigenvalue weighted by atomic mass is 10.3. The van der Waals surface area contributed by atoms with Gasteiger partial charge in [0.25, 0.3) is 0 Å². The zero-order chi connectivity index (χ0) is 8.81. The zero-order valence-corrected chi connectivity index (χ0v) is 7.49. The second-order valence-electron chi connectivity index (χ2n) is 2.86. The van der Waals surface area contributed by atoms with Gasteiger partial charge in [-0.1, -0.05) is 23.8 Å². The highest BCUT2D eigenvalue weighted by Crippen LogP contribution is 1.97. The van der Waals surface area contributed by atoms with Crippen molar-refractivity contribution in [2.24, 2.45) is 0 Å². The van der Waals surface area contributed by atoms with Crippen LogP contribution in [0.5, 0.6) is 0 Å². The molecule has 0 N–H and O–H groups in total. The Kier molecular flexibility index (Phi) is 3.27. The molecule has 0 spiro atoms. The van der Waals surface area contributed by atoms with Crippen molar-refractivity contribution in [3.05, 3.63) is 47.8 Å². The lowest BCUT2D eigenvalue weighted by Gasteiger charge is -1.88. The minimum absolute atomic E-state index is 0.995. The number of nitrogens with zero attached hydrogens (tertiary/aromatic N) is 1. The van der Waals surface area contributed by atoms with Crippen molar-refractivity contribution in [2.45, 2.75) is 13.8 Å². The van der Waals surface area contributed by atoms with E-state index in [1.807, 2.05) is 30.4 Å². The van der Waals surface area contributed by atoms with E-state index in [9.17, 15) is 0 Å². The molecule has 12 heavy (non-hydrogen) atoms. The van der Waals surface area contributed by atoms with Crippen LogP contribution < -0.4 is 0 Å². The van der Waals surface area contributed by atoms with Gasteiger partial charge in [0.05, 0.1) is 5.69 Å². The van der Waals surface area contributed by atoms with Gasteiger partial charge in [-0.05, 0) is 32.1 Å². The van der Waals surface area contributed by atoms with Crippen LogP contribution in [0.2, 0.25) is 0 Å². The van der Waals surface area contributed by atoms with E-state index in [0.717, 1.165) is 5.69 Å². The normalized spacial score (nSPS) is 10.2. The Morgan fingerprint density at radius 1 is 1.33 bits per heavy atom. The molecule has 0 unspecified atom stereocenters. The number of rotatable bonds is 2. The molecule has 0 atom stereocenters. The topological polar surface area (TPSA) is 12.9 Å². The molecule has 0 radical (unpaired) electrons. The van der Waals surface area contributed by atoms with Gasteiger partial charge in [-0.15, -0.1) is 0 Å². The van der Waals surface area contributed by atoms with Crippen molar-refractivity contribution >= 4 is 6.08 Å². The fourth-order valence-electron chi connectivity index (χ4n) is 0.814. The summed E-state index contributed by atoms with van der Waals surface area (Å²) in [6.45, 7) is 4.14. The summed E-state index contributed by atoms with van der Waals surface area (Å²) in [5.74, 6) is 0. The summed E-state index contributed by atoms with van der Waals surface area (Å²) in [6, 6.07) is 5.88. The first kappa shape index (κ1) is 8.72. The van der Waals surface area contributed by atoms with Crippen molar-refractivity contribution in [3.63, 3.8) is 0 Å². The molecule has 0 aliphatic rings. The highest BCUT2D eigenvalue weighted by atomic mass is 14.6. The molecule has 1 nitrogen and oxygen atoms in total. The molecular formula is C11H13N. The summed E-state index contributed by atoms with van der Waals surface area (Å²) in [5, 5.41) is 0. The van der Waals surface area contributed by atoms with Gasteiger partial charge in [-0.25, -0.2) is 0 Å². The van der Waals surface area contributed by atoms with Gasteiger partial charge >= 0.3 is 0 Å². The van der Waals surface area contributed by atoms with Crippen molar-refractivity contribution in [1.82, 2.24) is 4.98 Å². The van der Waals surface area contributed by atoms with Crippen LogP contribution in [0, 0.1) is 0 Å². The number of hydrogen-bond acceptors (Lipinski definition) is 1. The lowest BCUT2D eigenvalue weighted by molar-refractivity contribution is 1.29. The van der Waals surface area contributed by atoms with E-state index in [-0.39, 0.29) is 0 Å². The van der Waals surface area contributed by atoms with Crippen molar-refractivity contribution in [2.75, 3.05) is 0 Å². The molecule has 0 bridgehead atoms. The predicted molar refractivity (Wildman–Crippen MR) is 52.7 cm³/mol. The maximum Gasteiger partial charge on any atom is 0.0629 e. The highest BCUT2D eigenvalue weighted by Gasteiger charge is 1.81. The van der Waals surface area contributed by atoms with E-state index in [1.54, 1.807) is 6.20 Å². The molecule has 1 heterocycles. The van der Waals surface area contributed by atoms with Crippen molar-refractivity contribution < 1.29 is 0 Å². The van der Waals surface area contributed by atoms with Crippen LogP contribution in [0.25, 0.3) is 6.08 Å². The predicted octanol–water partition coefficient (Wildman–Crippen LogP) is 3.06. The summed E-state index contributed by atoms with van der Waals surface area (Å²) in [5.41, 5.74) is 2.29. The quantitative estimate of drug-likeness (QED) is 0.604. The monoisotopic (exact) mass is 159 g/mol. The second-order valence-corrected chi connectivity index (χ2v) is 2.86. The largest absolute Gasteiger partial charge is 0.257 e. The van der Waals surface area contributed by atoms with E-state index < -0.39 is 0 Å². The first-order valence-corrected chi connectivity index (χ1v) is 4.01. The summed E-state index contributed by atoms with van der Waals surface area (Å²) in [7, 11) is 0. The molecule has 1 aromatic rings. The number of allylic oxidation sites excluding steroid dienone is 3. The van der Waals surface area contributed by atoms with Crippen LogP contribution in [-0.4, -0.2) is 4.98 Å². The van der Waals surface area contributed by atoms with Crippen LogP contribution in [0.4, 0.5) is 0 Å². The smallest absolute Gasteiger partial charge is 0.0629 e. The standard InChI is InChI=1S/C11H13N/c1-10(2)6-5-8-11-7-3-4-9-12-11/h3-9H,1-2H3/b8-5-. The molecule has 0 saturated carbocycles. The summed E-state index contributed by atoms with van der Waals surface area (Å²) >= 11 is 0. The Morgan fingerprint density at radius 2 is 2.17 bits per heavy atom. The second kappa shape index (κ2) is 4.50. The van der Waals surface area contributed by atoms with E-state index in [4.69, 9.17) is 0 Å². The fraction of sp³-hybridized carbons (Fsp3) is 0.182. The number of pyridine rings is 1. The summed E-state index contributed by atoms with van der Waals surface area (Å²) < 4.78 is 0. The van der Waals surface area contributed by atoms with E-state index >= 15 is 0 Å². The Balaban J connectivity index is 2.64. The van der Waals surface area contributed by atoms with E-state index in [0.29, 0.717) is 0 Å². The van der Waals surface area contributed by atoms with Crippen LogP contribution in [0.15, 0.2) is 42.1 Å². The van der Waals surface area contributed by atoms with Crippen molar-refractivity contribution in [3.8, 4) is 0 Å². The highest BCUT2D eigenvalue weighted by molar-refractivity contribution is 5.46. The molecule has 0 fully saturated rings. The van der Waals surface area contributed by atoms with Gasteiger partial charge in [0.15, 0.2) is 0 Å². The van der Waals surface area contributed by atoms with Gasteiger partial charge in [-0.2, -0.15) is 0 Å². The van der Waals surface area contributed by atoms with Crippen LogP contribution in [-0.2, 0) is 0 Å². The maximum absolute atomic E-state index is 4.16. The Hall–Kier alpha value is -1.37. The SMILES string of the molecule is CC(C)=C/C=C\c1ccccn1. The summed E-state index contributed by atoms with van der Waals surface area (Å²) in [6.07, 6.45) is 7.86. The fourth-order valence-corrected chi connectivity index (χ4v) is 0.814. The van der Waals surface area contributed by atoms with Crippen LogP contribution in [0.1, 0.15) is 19.5 Å². The number of hydrogen-bond donors (Lipinski definition) is 0. The maximum atomic E-state index is 4.16. The minimum Gasteiger partial charge on any atom is -0.257 e. The molecule has 1 heteroatoms. The van der Waals surface area contributed by atoms with Gasteiger partial charge in [0.1, 0.15) is 0 Å². The molecule has 0 saturated heterocycles. The number of aromatic nitrogens is 1. The zero-order valence-electron chi connectivity index (χ0n) is 7.49. The van der Waals surface area contributed by atoms with Gasteiger partial charge < -0.3 is 0 Å². The third kappa shape index (κ3) is 3.15. The van der Waals surface area contributed by atoms with Gasteiger partial charge in [0.2, 0.25) is 0 Å². The average molecular weight is 159 g/mol. The summed E-state index contributed by atoms with van der Waals surface area (Å²) in [4.78, 5) is 4.16. The van der Waals surface area contributed by atoms with E-state index in [1.165, 1.54) is 5.57 Å². The Morgan fingerprint density at radius 3 is 2.75 bits per heavy atom. The molecule has 1 rings (SSSR count). The lowest BCUT2D eigenvalue weighted by Crippen LogP contribution is -1.75. The van der Waals surface area contributed by atoms with Gasteiger partial charge in [0, 0.05) is 6.20 Å².